The van der Waals surface area contributed by atoms with Gasteiger partial charge in [0.05, 0.1) is 11.4 Å². The van der Waals surface area contributed by atoms with E-state index < -0.39 is 0 Å². The molecule has 0 aromatic heterocycles. The van der Waals surface area contributed by atoms with Crippen LogP contribution >= 0.6 is 0 Å². The zero-order valence-corrected chi connectivity index (χ0v) is 11.7. The lowest BCUT2D eigenvalue weighted by Crippen LogP contribution is -2.28. The SMILES string of the molecule is CC1CCNc2ccc(C(C)(C)C)cc2N1C. The largest absolute Gasteiger partial charge is 0.383 e. The molecule has 0 fully saturated rings. The quantitative estimate of drug-likeness (QED) is 0.735. The van der Waals surface area contributed by atoms with E-state index >= 15 is 0 Å². The lowest BCUT2D eigenvalue weighted by molar-refractivity contribution is 0.589. The maximum absolute atomic E-state index is 3.52. The van der Waals surface area contributed by atoms with E-state index in [2.05, 4.69) is 63.2 Å². The van der Waals surface area contributed by atoms with E-state index in [1.165, 1.54) is 23.4 Å². The minimum Gasteiger partial charge on any atom is -0.383 e. The monoisotopic (exact) mass is 232 g/mol. The van der Waals surface area contributed by atoms with Crippen molar-refractivity contribution >= 4 is 11.4 Å². The molecule has 1 unspecified atom stereocenters. The Morgan fingerprint density at radius 1 is 1.29 bits per heavy atom. The Bertz CT molecular complexity index is 404. The third-order valence-corrected chi connectivity index (χ3v) is 3.78. The van der Waals surface area contributed by atoms with Gasteiger partial charge in [0.1, 0.15) is 0 Å². The number of hydrogen-bond donors (Lipinski definition) is 1. The highest BCUT2D eigenvalue weighted by atomic mass is 15.2. The predicted octanol–water partition coefficient (Wildman–Crippen LogP) is 3.62. The lowest BCUT2D eigenvalue weighted by atomic mass is 9.86. The highest BCUT2D eigenvalue weighted by Crippen LogP contribution is 2.34. The summed E-state index contributed by atoms with van der Waals surface area (Å²) in [5.41, 5.74) is 4.22. The number of nitrogens with one attached hydrogen (secondary N) is 1. The van der Waals surface area contributed by atoms with Crippen LogP contribution in [-0.2, 0) is 5.41 Å². The van der Waals surface area contributed by atoms with Gasteiger partial charge in [-0.2, -0.15) is 0 Å². The summed E-state index contributed by atoms with van der Waals surface area (Å²) in [7, 11) is 2.20. The summed E-state index contributed by atoms with van der Waals surface area (Å²) in [6.45, 7) is 10.2. The van der Waals surface area contributed by atoms with Gasteiger partial charge < -0.3 is 10.2 Å². The summed E-state index contributed by atoms with van der Waals surface area (Å²) in [6, 6.07) is 7.41. The summed E-state index contributed by atoms with van der Waals surface area (Å²) in [5.74, 6) is 0. The third kappa shape index (κ3) is 2.41. The van der Waals surface area contributed by atoms with Crippen LogP contribution in [0.15, 0.2) is 18.2 Å². The standard InChI is InChI=1S/C15H24N2/c1-11-8-9-16-13-7-6-12(15(2,3)4)10-14(13)17(11)5/h6-7,10-11,16H,8-9H2,1-5H3. The van der Waals surface area contributed by atoms with Crippen LogP contribution in [-0.4, -0.2) is 19.6 Å². The maximum atomic E-state index is 3.52. The summed E-state index contributed by atoms with van der Waals surface area (Å²) >= 11 is 0. The molecule has 1 aromatic rings. The van der Waals surface area contributed by atoms with Crippen molar-refractivity contribution in [1.82, 2.24) is 0 Å². The number of nitrogens with zero attached hydrogens (tertiary/aromatic N) is 1. The molecule has 2 heteroatoms. The molecule has 0 aliphatic carbocycles. The number of benzene rings is 1. The second-order valence-electron chi connectivity index (χ2n) is 6.16. The minimum absolute atomic E-state index is 0.214. The minimum atomic E-state index is 0.214. The number of anilines is 2. The van der Waals surface area contributed by atoms with Crippen molar-refractivity contribution in [3.63, 3.8) is 0 Å². The van der Waals surface area contributed by atoms with E-state index in [1.54, 1.807) is 0 Å². The summed E-state index contributed by atoms with van der Waals surface area (Å²) < 4.78 is 0. The first-order valence-electron chi connectivity index (χ1n) is 6.51. The fraction of sp³-hybridized carbons (Fsp3) is 0.600. The van der Waals surface area contributed by atoms with Crippen molar-refractivity contribution in [3.8, 4) is 0 Å². The molecule has 0 radical (unpaired) electrons. The topological polar surface area (TPSA) is 15.3 Å². The van der Waals surface area contributed by atoms with Crippen LogP contribution in [0.25, 0.3) is 0 Å². The van der Waals surface area contributed by atoms with Crippen LogP contribution in [0.1, 0.15) is 39.7 Å². The molecule has 0 spiro atoms. The molecule has 1 N–H and O–H groups in total. The molecule has 1 aliphatic heterocycles. The van der Waals surface area contributed by atoms with Gasteiger partial charge in [-0.3, -0.25) is 0 Å². The van der Waals surface area contributed by atoms with Crippen LogP contribution in [0.2, 0.25) is 0 Å². The zero-order chi connectivity index (χ0) is 12.6. The van der Waals surface area contributed by atoms with Gasteiger partial charge in [0, 0.05) is 19.6 Å². The molecular formula is C15H24N2. The van der Waals surface area contributed by atoms with Crippen molar-refractivity contribution in [2.75, 3.05) is 23.8 Å². The van der Waals surface area contributed by atoms with Crippen LogP contribution in [0, 0.1) is 0 Å². The average Bonchev–Trinajstić information content (AvgIpc) is 2.39. The number of fused-ring (bicyclic) bond motifs is 1. The summed E-state index contributed by atoms with van der Waals surface area (Å²) in [4.78, 5) is 2.39. The van der Waals surface area contributed by atoms with Crippen LogP contribution in [0.5, 0.6) is 0 Å². The first kappa shape index (κ1) is 12.3. The summed E-state index contributed by atoms with van der Waals surface area (Å²) in [5, 5.41) is 3.52. The summed E-state index contributed by atoms with van der Waals surface area (Å²) in [6.07, 6.45) is 1.19. The third-order valence-electron chi connectivity index (χ3n) is 3.78. The first-order valence-corrected chi connectivity index (χ1v) is 6.51. The van der Waals surface area contributed by atoms with Crippen molar-refractivity contribution in [1.29, 1.82) is 0 Å². The molecule has 0 bridgehead atoms. The van der Waals surface area contributed by atoms with Gasteiger partial charge in [-0.1, -0.05) is 26.8 Å². The van der Waals surface area contributed by atoms with Crippen LogP contribution in [0.3, 0.4) is 0 Å². The molecule has 1 aromatic carbocycles. The Labute approximate surface area is 105 Å². The lowest BCUT2D eigenvalue weighted by Gasteiger charge is -2.28. The first-order chi connectivity index (χ1) is 7.89. The Balaban J connectivity index is 2.46. The van der Waals surface area contributed by atoms with E-state index in [0.29, 0.717) is 6.04 Å². The molecule has 94 valence electrons. The van der Waals surface area contributed by atoms with Crippen LogP contribution < -0.4 is 10.2 Å². The van der Waals surface area contributed by atoms with Gasteiger partial charge in [0.15, 0.2) is 0 Å². The van der Waals surface area contributed by atoms with Gasteiger partial charge in [0.2, 0.25) is 0 Å². The van der Waals surface area contributed by atoms with Gasteiger partial charge in [0.25, 0.3) is 0 Å². The molecule has 0 saturated carbocycles. The van der Waals surface area contributed by atoms with Gasteiger partial charge in [-0.05, 0) is 36.5 Å². The Morgan fingerprint density at radius 3 is 2.65 bits per heavy atom. The molecule has 0 amide bonds. The molecule has 2 nitrogen and oxygen atoms in total. The Hall–Kier alpha value is -1.18. The van der Waals surface area contributed by atoms with Crippen molar-refractivity contribution in [2.24, 2.45) is 0 Å². The van der Waals surface area contributed by atoms with E-state index in [1.807, 2.05) is 0 Å². The second-order valence-corrected chi connectivity index (χ2v) is 6.16. The fourth-order valence-corrected chi connectivity index (χ4v) is 2.29. The molecule has 1 heterocycles. The van der Waals surface area contributed by atoms with Crippen molar-refractivity contribution in [2.45, 2.75) is 45.6 Å². The van der Waals surface area contributed by atoms with Gasteiger partial charge in [-0.25, -0.2) is 0 Å². The van der Waals surface area contributed by atoms with E-state index in [-0.39, 0.29) is 5.41 Å². The van der Waals surface area contributed by atoms with Gasteiger partial charge in [-0.15, -0.1) is 0 Å². The zero-order valence-electron chi connectivity index (χ0n) is 11.7. The van der Waals surface area contributed by atoms with E-state index in [9.17, 15) is 0 Å². The fourth-order valence-electron chi connectivity index (χ4n) is 2.29. The van der Waals surface area contributed by atoms with Crippen molar-refractivity contribution in [3.05, 3.63) is 23.8 Å². The average molecular weight is 232 g/mol. The smallest absolute Gasteiger partial charge is 0.0604 e. The molecular weight excluding hydrogens is 208 g/mol. The number of rotatable bonds is 0. The predicted molar refractivity (Wildman–Crippen MR) is 76.1 cm³/mol. The molecule has 2 rings (SSSR count). The highest BCUT2D eigenvalue weighted by molar-refractivity contribution is 5.72. The van der Waals surface area contributed by atoms with E-state index in [0.717, 1.165) is 6.54 Å². The Morgan fingerprint density at radius 2 is 2.00 bits per heavy atom. The highest BCUT2D eigenvalue weighted by Gasteiger charge is 2.21. The van der Waals surface area contributed by atoms with Crippen LogP contribution in [0.4, 0.5) is 11.4 Å². The molecule has 1 atom stereocenters. The second kappa shape index (κ2) is 4.25. The normalized spacial score (nSPS) is 20.5. The van der Waals surface area contributed by atoms with Crippen molar-refractivity contribution < 1.29 is 0 Å². The molecule has 1 aliphatic rings. The Kier molecular flexibility index (Phi) is 3.07. The molecule has 17 heavy (non-hydrogen) atoms. The number of hydrogen-bond acceptors (Lipinski definition) is 2. The maximum Gasteiger partial charge on any atom is 0.0604 e. The van der Waals surface area contributed by atoms with Gasteiger partial charge >= 0.3 is 0 Å². The van der Waals surface area contributed by atoms with E-state index in [4.69, 9.17) is 0 Å². The molecule has 0 saturated heterocycles.